The minimum Gasteiger partial charge on any atom is -0.486 e. The molecule has 0 radical (unpaired) electrons. The van der Waals surface area contributed by atoms with E-state index in [9.17, 15) is 13.2 Å². The Kier molecular flexibility index (Phi) is 5.34. The molecular formula is C23H24N4O5S. The molecule has 3 heterocycles. The van der Waals surface area contributed by atoms with Crippen LogP contribution < -0.4 is 14.8 Å². The fraction of sp³-hybridized carbons (Fsp3) is 0.304. The van der Waals surface area contributed by atoms with Crippen molar-refractivity contribution in [1.82, 2.24) is 19.4 Å². The second-order valence-electron chi connectivity index (χ2n) is 7.95. The fourth-order valence-corrected chi connectivity index (χ4v) is 5.95. The largest absolute Gasteiger partial charge is 0.486 e. The number of carbonyl (C=O) groups is 1. The smallest absolute Gasteiger partial charge is 0.244 e. The minimum absolute atomic E-state index is 0.0530. The van der Waals surface area contributed by atoms with E-state index in [-0.39, 0.29) is 23.9 Å². The third-order valence-corrected chi connectivity index (χ3v) is 7.77. The molecule has 1 saturated heterocycles. The summed E-state index contributed by atoms with van der Waals surface area (Å²) in [5.41, 5.74) is 2.72. The topological polar surface area (TPSA) is 103 Å². The summed E-state index contributed by atoms with van der Waals surface area (Å²) in [6, 6.07) is 13.0. The van der Waals surface area contributed by atoms with Gasteiger partial charge in [0.1, 0.15) is 19.3 Å². The van der Waals surface area contributed by atoms with E-state index in [4.69, 9.17) is 9.47 Å². The summed E-state index contributed by atoms with van der Waals surface area (Å²) in [6.07, 6.45) is 0. The SMILES string of the molecule is Cc1nn(-c2ccccc2)c(C)c1[C@H]1C(=O)NCCN1S(=O)(=O)c1ccc2c(c1)OCCO2. The highest BCUT2D eigenvalue weighted by atomic mass is 32.2. The van der Waals surface area contributed by atoms with Crippen LogP contribution in [0.1, 0.15) is 23.0 Å². The van der Waals surface area contributed by atoms with Crippen molar-refractivity contribution in [1.29, 1.82) is 0 Å². The third kappa shape index (κ3) is 3.65. The molecule has 1 fully saturated rings. The second-order valence-corrected chi connectivity index (χ2v) is 9.84. The van der Waals surface area contributed by atoms with Crippen LogP contribution in [0.15, 0.2) is 53.4 Å². The Labute approximate surface area is 192 Å². The number of hydrogen-bond acceptors (Lipinski definition) is 6. The van der Waals surface area contributed by atoms with E-state index in [0.717, 1.165) is 5.69 Å². The monoisotopic (exact) mass is 468 g/mol. The van der Waals surface area contributed by atoms with Crippen LogP contribution in [0.3, 0.4) is 0 Å². The highest BCUT2D eigenvalue weighted by Gasteiger charge is 2.42. The number of aryl methyl sites for hydroxylation is 1. The zero-order valence-electron chi connectivity index (χ0n) is 18.3. The lowest BCUT2D eigenvalue weighted by Crippen LogP contribution is -2.52. The molecule has 10 heteroatoms. The highest BCUT2D eigenvalue weighted by molar-refractivity contribution is 7.89. The quantitative estimate of drug-likeness (QED) is 0.629. The van der Waals surface area contributed by atoms with E-state index in [2.05, 4.69) is 10.4 Å². The van der Waals surface area contributed by atoms with Crippen LogP contribution in [0.25, 0.3) is 5.69 Å². The first-order chi connectivity index (χ1) is 15.9. The summed E-state index contributed by atoms with van der Waals surface area (Å²) in [7, 11) is -4.01. The first-order valence-electron chi connectivity index (χ1n) is 10.7. The van der Waals surface area contributed by atoms with E-state index in [0.29, 0.717) is 41.7 Å². The molecule has 0 saturated carbocycles. The lowest BCUT2D eigenvalue weighted by Gasteiger charge is -2.34. The van der Waals surface area contributed by atoms with E-state index in [1.54, 1.807) is 17.7 Å². The van der Waals surface area contributed by atoms with Gasteiger partial charge in [0, 0.05) is 30.4 Å². The normalized spacial score (nSPS) is 18.7. The molecule has 2 aliphatic heterocycles. The Morgan fingerprint density at radius 2 is 1.76 bits per heavy atom. The molecule has 9 nitrogen and oxygen atoms in total. The Bertz CT molecular complexity index is 1320. The summed E-state index contributed by atoms with van der Waals surface area (Å²) in [4.78, 5) is 13.1. The molecule has 33 heavy (non-hydrogen) atoms. The molecule has 0 bridgehead atoms. The summed E-state index contributed by atoms with van der Waals surface area (Å²) in [5.74, 6) is 0.509. The van der Waals surface area contributed by atoms with E-state index in [1.807, 2.05) is 37.3 Å². The zero-order chi connectivity index (χ0) is 23.2. The molecule has 1 aromatic heterocycles. The van der Waals surface area contributed by atoms with Gasteiger partial charge in [-0.25, -0.2) is 13.1 Å². The molecule has 0 aliphatic carbocycles. The first kappa shape index (κ1) is 21.5. The number of nitrogens with one attached hydrogen (secondary N) is 1. The van der Waals surface area contributed by atoms with E-state index in [1.165, 1.54) is 16.4 Å². The van der Waals surface area contributed by atoms with Crippen molar-refractivity contribution in [2.75, 3.05) is 26.3 Å². The van der Waals surface area contributed by atoms with Gasteiger partial charge in [0.25, 0.3) is 0 Å². The highest BCUT2D eigenvalue weighted by Crippen LogP contribution is 2.37. The molecule has 2 aliphatic rings. The molecule has 0 unspecified atom stereocenters. The fourth-order valence-electron chi connectivity index (χ4n) is 4.37. The molecule has 1 atom stereocenters. The van der Waals surface area contributed by atoms with Crippen LogP contribution >= 0.6 is 0 Å². The van der Waals surface area contributed by atoms with Gasteiger partial charge in [0.15, 0.2) is 11.5 Å². The molecule has 1 N–H and O–H groups in total. The lowest BCUT2D eigenvalue weighted by atomic mass is 10.0. The van der Waals surface area contributed by atoms with E-state index >= 15 is 0 Å². The van der Waals surface area contributed by atoms with Crippen molar-refractivity contribution >= 4 is 15.9 Å². The second kappa shape index (κ2) is 8.20. The summed E-state index contributed by atoms with van der Waals surface area (Å²) in [6.45, 7) is 4.77. The lowest BCUT2D eigenvalue weighted by molar-refractivity contribution is -0.127. The van der Waals surface area contributed by atoms with Crippen LogP contribution in [0, 0.1) is 13.8 Å². The van der Waals surface area contributed by atoms with Gasteiger partial charge >= 0.3 is 0 Å². The standard InChI is InChI=1S/C23H24N4O5S/c1-15-21(16(2)27(25-15)17-6-4-3-5-7-17)22-23(28)24-10-11-26(22)33(29,30)18-8-9-19-20(14-18)32-13-12-31-19/h3-9,14,22H,10-13H2,1-2H3,(H,24,28)/t22-/m0/s1. The van der Waals surface area contributed by atoms with Crippen LogP contribution in [0.4, 0.5) is 0 Å². The Balaban J connectivity index is 1.59. The summed E-state index contributed by atoms with van der Waals surface area (Å²) >= 11 is 0. The number of fused-ring (bicyclic) bond motifs is 1. The van der Waals surface area contributed by atoms with Crippen molar-refractivity contribution in [3.05, 3.63) is 65.5 Å². The van der Waals surface area contributed by atoms with Gasteiger partial charge in [-0.1, -0.05) is 18.2 Å². The molecule has 2 aromatic carbocycles. The van der Waals surface area contributed by atoms with Gasteiger partial charge in [-0.2, -0.15) is 9.40 Å². The molecular weight excluding hydrogens is 444 g/mol. The van der Waals surface area contributed by atoms with E-state index < -0.39 is 16.1 Å². The van der Waals surface area contributed by atoms with Crippen LogP contribution in [-0.2, 0) is 14.8 Å². The maximum atomic E-state index is 13.7. The minimum atomic E-state index is -4.01. The molecule has 0 spiro atoms. The van der Waals surface area contributed by atoms with Crippen molar-refractivity contribution < 1.29 is 22.7 Å². The number of nitrogens with zero attached hydrogens (tertiary/aromatic N) is 3. The molecule has 1 amide bonds. The number of ether oxygens (including phenoxy) is 2. The average molecular weight is 469 g/mol. The predicted molar refractivity (Wildman–Crippen MR) is 120 cm³/mol. The molecule has 5 rings (SSSR count). The summed E-state index contributed by atoms with van der Waals surface area (Å²) < 4.78 is 41.5. The average Bonchev–Trinajstić information content (AvgIpc) is 3.12. The Morgan fingerprint density at radius 3 is 2.52 bits per heavy atom. The number of amides is 1. The maximum absolute atomic E-state index is 13.7. The van der Waals surface area contributed by atoms with Crippen molar-refractivity contribution in [3.8, 4) is 17.2 Å². The number of piperazine rings is 1. The third-order valence-electron chi connectivity index (χ3n) is 5.91. The molecule has 172 valence electrons. The number of rotatable bonds is 4. The maximum Gasteiger partial charge on any atom is 0.244 e. The van der Waals surface area contributed by atoms with Crippen molar-refractivity contribution in [2.45, 2.75) is 24.8 Å². The van der Waals surface area contributed by atoms with Gasteiger partial charge in [0.2, 0.25) is 15.9 Å². The van der Waals surface area contributed by atoms with Crippen LogP contribution in [0.5, 0.6) is 11.5 Å². The van der Waals surface area contributed by atoms with Crippen LogP contribution in [-0.4, -0.2) is 54.7 Å². The molecule has 3 aromatic rings. The van der Waals surface area contributed by atoms with Gasteiger partial charge in [-0.3, -0.25) is 4.79 Å². The number of benzene rings is 2. The number of sulfonamides is 1. The van der Waals surface area contributed by atoms with Gasteiger partial charge in [-0.05, 0) is 38.1 Å². The van der Waals surface area contributed by atoms with Crippen molar-refractivity contribution in [2.24, 2.45) is 0 Å². The number of para-hydroxylation sites is 1. The number of carbonyl (C=O) groups excluding carboxylic acids is 1. The number of aromatic nitrogens is 2. The summed E-state index contributed by atoms with van der Waals surface area (Å²) in [5, 5.41) is 7.43. The first-order valence-corrected chi connectivity index (χ1v) is 12.1. The van der Waals surface area contributed by atoms with Crippen LogP contribution in [0.2, 0.25) is 0 Å². The predicted octanol–water partition coefficient (Wildman–Crippen LogP) is 2.12. The zero-order valence-corrected chi connectivity index (χ0v) is 19.1. The van der Waals surface area contributed by atoms with Gasteiger partial charge < -0.3 is 14.8 Å². The van der Waals surface area contributed by atoms with Crippen molar-refractivity contribution in [3.63, 3.8) is 0 Å². The van der Waals surface area contributed by atoms with Gasteiger partial charge in [0.05, 0.1) is 16.3 Å². The Hall–Kier alpha value is -3.37. The Morgan fingerprint density at radius 1 is 1.03 bits per heavy atom. The van der Waals surface area contributed by atoms with Gasteiger partial charge in [-0.15, -0.1) is 0 Å². The number of hydrogen-bond donors (Lipinski definition) is 1.